The van der Waals surface area contributed by atoms with Gasteiger partial charge in [0.1, 0.15) is 5.82 Å². The van der Waals surface area contributed by atoms with Gasteiger partial charge < -0.3 is 10.2 Å². The lowest BCUT2D eigenvalue weighted by Gasteiger charge is -2.14. The summed E-state index contributed by atoms with van der Waals surface area (Å²) in [6.07, 6.45) is 0. The van der Waals surface area contributed by atoms with E-state index in [-0.39, 0.29) is 5.75 Å². The van der Waals surface area contributed by atoms with Gasteiger partial charge in [0.2, 0.25) is 16.0 Å². The van der Waals surface area contributed by atoms with Crippen LogP contribution in [-0.4, -0.2) is 32.5 Å². The van der Waals surface area contributed by atoms with E-state index < -0.39 is 10.0 Å². The molecule has 9 heteroatoms. The summed E-state index contributed by atoms with van der Waals surface area (Å²) < 4.78 is 27.3. The van der Waals surface area contributed by atoms with E-state index in [0.29, 0.717) is 22.2 Å². The lowest BCUT2D eigenvalue weighted by molar-refractivity contribution is 0.600. The molecule has 0 radical (unpaired) electrons. The van der Waals surface area contributed by atoms with E-state index in [1.165, 1.54) is 0 Å². The highest BCUT2D eigenvalue weighted by Gasteiger charge is 2.12. The number of hydrogen-bond donors (Lipinski definition) is 2. The minimum atomic E-state index is -3.54. The third-order valence-electron chi connectivity index (χ3n) is 3.98. The lowest BCUT2D eigenvalue weighted by Crippen LogP contribution is -2.15. The summed E-state index contributed by atoms with van der Waals surface area (Å²) in [4.78, 5) is 10.7. The molecule has 0 amide bonds. The molecular weight excluding hydrogens is 410 g/mol. The average molecular weight is 432 g/mol. The maximum atomic E-state index is 12.4. The minimum Gasteiger partial charge on any atom is -0.363 e. The van der Waals surface area contributed by atoms with E-state index in [0.717, 1.165) is 17.2 Å². The van der Waals surface area contributed by atoms with Crippen LogP contribution in [0.5, 0.6) is 0 Å². The summed E-state index contributed by atoms with van der Waals surface area (Å²) in [6, 6.07) is 15.5. The fourth-order valence-electron chi connectivity index (χ4n) is 2.60. The number of hydrogen-bond acceptors (Lipinski definition) is 6. The fraction of sp³-hybridized carbons (Fsp3) is 0.200. The Morgan fingerprint density at radius 1 is 0.966 bits per heavy atom. The first-order valence-corrected chi connectivity index (χ1v) is 10.9. The van der Waals surface area contributed by atoms with Gasteiger partial charge in [0.05, 0.1) is 5.75 Å². The van der Waals surface area contributed by atoms with Crippen LogP contribution in [0.2, 0.25) is 5.02 Å². The van der Waals surface area contributed by atoms with Gasteiger partial charge in [-0.25, -0.2) is 13.4 Å². The van der Waals surface area contributed by atoms with Crippen molar-refractivity contribution in [3.05, 3.63) is 70.9 Å². The van der Waals surface area contributed by atoms with Crippen molar-refractivity contribution in [3.8, 4) is 0 Å². The van der Waals surface area contributed by atoms with Gasteiger partial charge in [-0.1, -0.05) is 23.7 Å². The first-order valence-electron chi connectivity index (χ1n) is 8.85. The highest BCUT2D eigenvalue weighted by molar-refractivity contribution is 7.91. The van der Waals surface area contributed by atoms with Crippen molar-refractivity contribution in [1.29, 1.82) is 0 Å². The molecule has 0 aliphatic heterocycles. The Balaban J connectivity index is 1.68. The molecule has 0 bridgehead atoms. The number of aromatic nitrogens is 2. The monoisotopic (exact) mass is 431 g/mol. The molecule has 0 aliphatic carbocycles. The minimum absolute atomic E-state index is 0.130. The molecule has 3 rings (SSSR count). The Morgan fingerprint density at radius 3 is 2.21 bits per heavy atom. The van der Waals surface area contributed by atoms with E-state index in [1.54, 1.807) is 48.5 Å². The standard InChI is InChI=1S/C20H22ClN5O2S/c1-14-12-19(26(2)3)24-20(22-14)23-17-8-10-18(11-9-17)25-29(27,28)13-15-4-6-16(21)7-5-15/h4-12,25H,13H2,1-3H3,(H,22,23,24). The molecule has 7 nitrogen and oxygen atoms in total. The van der Waals surface area contributed by atoms with Crippen molar-refractivity contribution < 1.29 is 8.42 Å². The summed E-state index contributed by atoms with van der Waals surface area (Å²) in [5.41, 5.74) is 2.73. The Hall–Kier alpha value is -2.84. The average Bonchev–Trinajstić information content (AvgIpc) is 2.64. The summed E-state index contributed by atoms with van der Waals surface area (Å²) in [5, 5.41) is 3.70. The van der Waals surface area contributed by atoms with Crippen molar-refractivity contribution in [2.75, 3.05) is 29.0 Å². The third-order valence-corrected chi connectivity index (χ3v) is 5.50. The number of nitrogens with one attached hydrogen (secondary N) is 2. The van der Waals surface area contributed by atoms with E-state index in [4.69, 9.17) is 11.6 Å². The SMILES string of the molecule is Cc1cc(N(C)C)nc(Nc2ccc(NS(=O)(=O)Cc3ccc(Cl)cc3)cc2)n1. The maximum Gasteiger partial charge on any atom is 0.236 e. The second kappa shape index (κ2) is 8.67. The molecule has 0 spiro atoms. The largest absolute Gasteiger partial charge is 0.363 e. The molecule has 0 atom stereocenters. The highest BCUT2D eigenvalue weighted by Crippen LogP contribution is 2.20. The van der Waals surface area contributed by atoms with Crippen LogP contribution in [0.1, 0.15) is 11.3 Å². The van der Waals surface area contributed by atoms with Crippen LogP contribution in [0.3, 0.4) is 0 Å². The van der Waals surface area contributed by atoms with Gasteiger partial charge in [0, 0.05) is 42.3 Å². The van der Waals surface area contributed by atoms with Crippen LogP contribution in [0.25, 0.3) is 0 Å². The van der Waals surface area contributed by atoms with Gasteiger partial charge in [-0.2, -0.15) is 4.98 Å². The third kappa shape index (κ3) is 6.07. The number of benzene rings is 2. The second-order valence-corrected chi connectivity index (χ2v) is 8.93. The van der Waals surface area contributed by atoms with Crippen LogP contribution in [0.4, 0.5) is 23.1 Å². The molecule has 3 aromatic rings. The Labute approximate surface area is 175 Å². The Morgan fingerprint density at radius 2 is 1.59 bits per heavy atom. The number of anilines is 4. The molecule has 0 saturated carbocycles. The van der Waals surface area contributed by atoms with Crippen molar-refractivity contribution >= 4 is 44.8 Å². The second-order valence-electron chi connectivity index (χ2n) is 6.78. The number of halogens is 1. The molecule has 1 heterocycles. The summed E-state index contributed by atoms with van der Waals surface area (Å²) in [7, 11) is 0.290. The molecule has 0 fully saturated rings. The van der Waals surface area contributed by atoms with E-state index in [9.17, 15) is 8.42 Å². The van der Waals surface area contributed by atoms with Gasteiger partial charge >= 0.3 is 0 Å². The number of aryl methyl sites for hydroxylation is 1. The summed E-state index contributed by atoms with van der Waals surface area (Å²) in [6.45, 7) is 1.90. The highest BCUT2D eigenvalue weighted by atomic mass is 35.5. The molecule has 0 unspecified atom stereocenters. The molecular formula is C20H22ClN5O2S. The van der Waals surface area contributed by atoms with Crippen molar-refractivity contribution in [1.82, 2.24) is 9.97 Å². The van der Waals surface area contributed by atoms with E-state index in [1.807, 2.05) is 32.0 Å². The normalized spacial score (nSPS) is 11.2. The molecule has 0 saturated heterocycles. The predicted molar refractivity (Wildman–Crippen MR) is 119 cm³/mol. The number of nitrogens with zero attached hydrogens (tertiary/aromatic N) is 3. The van der Waals surface area contributed by atoms with Gasteiger partial charge in [0.25, 0.3) is 0 Å². The summed E-state index contributed by atoms with van der Waals surface area (Å²) >= 11 is 5.84. The summed E-state index contributed by atoms with van der Waals surface area (Å²) in [5.74, 6) is 1.14. The van der Waals surface area contributed by atoms with Crippen molar-refractivity contribution in [2.45, 2.75) is 12.7 Å². The first kappa shape index (κ1) is 20.9. The smallest absolute Gasteiger partial charge is 0.236 e. The zero-order valence-corrected chi connectivity index (χ0v) is 17.9. The fourth-order valence-corrected chi connectivity index (χ4v) is 3.93. The van der Waals surface area contributed by atoms with Gasteiger partial charge in [-0.3, -0.25) is 4.72 Å². The number of rotatable bonds is 7. The number of sulfonamides is 1. The quantitative estimate of drug-likeness (QED) is 0.583. The molecule has 2 aromatic carbocycles. The van der Waals surface area contributed by atoms with Gasteiger partial charge in [-0.15, -0.1) is 0 Å². The van der Waals surface area contributed by atoms with Crippen LogP contribution in [0, 0.1) is 6.92 Å². The molecule has 2 N–H and O–H groups in total. The van der Waals surface area contributed by atoms with E-state index in [2.05, 4.69) is 20.0 Å². The Kier molecular flexibility index (Phi) is 6.24. The first-order chi connectivity index (χ1) is 13.7. The maximum absolute atomic E-state index is 12.4. The predicted octanol–water partition coefficient (Wildman–Crippen LogP) is 4.19. The molecule has 1 aromatic heterocycles. The Bertz CT molecular complexity index is 1080. The lowest BCUT2D eigenvalue weighted by atomic mass is 10.2. The van der Waals surface area contributed by atoms with Crippen molar-refractivity contribution in [3.63, 3.8) is 0 Å². The topological polar surface area (TPSA) is 87.2 Å². The zero-order chi connectivity index (χ0) is 21.0. The van der Waals surface area contributed by atoms with Gasteiger partial charge in [0.15, 0.2) is 0 Å². The van der Waals surface area contributed by atoms with Gasteiger partial charge in [-0.05, 0) is 48.9 Å². The molecule has 0 aliphatic rings. The molecule has 152 valence electrons. The zero-order valence-electron chi connectivity index (χ0n) is 16.3. The van der Waals surface area contributed by atoms with Crippen LogP contribution in [-0.2, 0) is 15.8 Å². The van der Waals surface area contributed by atoms with E-state index >= 15 is 0 Å². The van der Waals surface area contributed by atoms with Crippen LogP contribution < -0.4 is 14.9 Å². The van der Waals surface area contributed by atoms with Crippen LogP contribution >= 0.6 is 11.6 Å². The van der Waals surface area contributed by atoms with Crippen molar-refractivity contribution in [2.24, 2.45) is 0 Å². The molecule has 29 heavy (non-hydrogen) atoms. The van der Waals surface area contributed by atoms with Crippen LogP contribution in [0.15, 0.2) is 54.6 Å².